The van der Waals surface area contributed by atoms with Crippen LogP contribution in [0.2, 0.25) is 10.0 Å². The molecule has 1 aromatic heterocycles. The summed E-state index contributed by atoms with van der Waals surface area (Å²) in [6.45, 7) is 2.54. The van der Waals surface area contributed by atoms with Crippen molar-refractivity contribution in [2.24, 2.45) is 0 Å². The third kappa shape index (κ3) is 3.87. The van der Waals surface area contributed by atoms with Crippen LogP contribution in [0.3, 0.4) is 0 Å². The molecule has 23 heavy (non-hydrogen) atoms. The van der Waals surface area contributed by atoms with E-state index in [1.807, 2.05) is 36.8 Å². The van der Waals surface area contributed by atoms with E-state index in [1.165, 1.54) is 5.56 Å². The summed E-state index contributed by atoms with van der Waals surface area (Å²) in [6, 6.07) is 13.7. The van der Waals surface area contributed by atoms with Crippen LogP contribution in [0.25, 0.3) is 0 Å². The molecule has 0 fully saturated rings. The Morgan fingerprint density at radius 2 is 1.91 bits per heavy atom. The molecule has 2 aromatic carbocycles. The van der Waals surface area contributed by atoms with Crippen molar-refractivity contribution in [3.63, 3.8) is 0 Å². The molecule has 0 bridgehead atoms. The van der Waals surface area contributed by atoms with Crippen molar-refractivity contribution < 1.29 is 4.74 Å². The van der Waals surface area contributed by atoms with Crippen LogP contribution in [0, 0.1) is 0 Å². The Morgan fingerprint density at radius 1 is 1.13 bits per heavy atom. The highest BCUT2D eigenvalue weighted by atomic mass is 35.5. The molecule has 0 aliphatic carbocycles. The summed E-state index contributed by atoms with van der Waals surface area (Å²) in [4.78, 5) is 4.08. The normalized spacial score (nSPS) is 12.1. The van der Waals surface area contributed by atoms with Gasteiger partial charge in [0.2, 0.25) is 0 Å². The molecule has 118 valence electrons. The summed E-state index contributed by atoms with van der Waals surface area (Å²) >= 11 is 12.0. The monoisotopic (exact) mass is 346 g/mol. The summed E-state index contributed by atoms with van der Waals surface area (Å²) in [5.74, 6) is 0.803. The maximum Gasteiger partial charge on any atom is 0.119 e. The van der Waals surface area contributed by atoms with Crippen LogP contribution >= 0.6 is 23.2 Å². The average molecular weight is 347 g/mol. The maximum atomic E-state index is 6.15. The minimum absolute atomic E-state index is 0.234. The zero-order valence-electron chi connectivity index (χ0n) is 12.6. The molecule has 0 N–H and O–H groups in total. The van der Waals surface area contributed by atoms with E-state index in [9.17, 15) is 0 Å². The first-order valence-corrected chi connectivity index (χ1v) is 8.03. The summed E-state index contributed by atoms with van der Waals surface area (Å²) in [5, 5.41) is 1.24. The number of hydrogen-bond donors (Lipinski definition) is 0. The van der Waals surface area contributed by atoms with Crippen LogP contribution < -0.4 is 4.74 Å². The topological polar surface area (TPSA) is 27.1 Å². The van der Waals surface area contributed by atoms with Gasteiger partial charge in [0.1, 0.15) is 12.4 Å². The molecule has 1 heterocycles. The lowest BCUT2D eigenvalue weighted by molar-refractivity contribution is 0.306. The van der Waals surface area contributed by atoms with Gasteiger partial charge in [-0.3, -0.25) is 0 Å². The van der Waals surface area contributed by atoms with Gasteiger partial charge in [-0.1, -0.05) is 41.4 Å². The molecular weight excluding hydrogens is 331 g/mol. The predicted molar refractivity (Wildman–Crippen MR) is 93.3 cm³/mol. The fraction of sp³-hybridized carbons (Fsp3) is 0.167. The number of aromatic nitrogens is 2. The Labute approximate surface area is 145 Å². The third-order valence-corrected chi connectivity index (χ3v) is 4.33. The standard InChI is InChI=1S/C18H16Cl2N2O/c1-13(22-9-8-21-12-22)14-3-6-17(7-4-14)23-11-15-2-5-16(19)10-18(15)20/h2-10,12-13H,11H2,1H3. The molecule has 3 rings (SSSR count). The van der Waals surface area contributed by atoms with Gasteiger partial charge in [0.15, 0.2) is 0 Å². The Morgan fingerprint density at radius 3 is 2.57 bits per heavy atom. The minimum atomic E-state index is 0.234. The van der Waals surface area contributed by atoms with Gasteiger partial charge in [-0.2, -0.15) is 0 Å². The molecular formula is C18H16Cl2N2O. The van der Waals surface area contributed by atoms with Crippen molar-refractivity contribution in [2.45, 2.75) is 19.6 Å². The number of hydrogen-bond acceptors (Lipinski definition) is 2. The average Bonchev–Trinajstić information content (AvgIpc) is 3.08. The van der Waals surface area contributed by atoms with Crippen molar-refractivity contribution in [3.05, 3.63) is 82.4 Å². The van der Waals surface area contributed by atoms with E-state index >= 15 is 0 Å². The second-order valence-electron chi connectivity index (χ2n) is 5.28. The SMILES string of the molecule is CC(c1ccc(OCc2ccc(Cl)cc2Cl)cc1)n1ccnc1. The highest BCUT2D eigenvalue weighted by Crippen LogP contribution is 2.24. The van der Waals surface area contributed by atoms with Gasteiger partial charge in [-0.05, 0) is 36.8 Å². The zero-order chi connectivity index (χ0) is 16.2. The van der Waals surface area contributed by atoms with E-state index < -0.39 is 0 Å². The van der Waals surface area contributed by atoms with Gasteiger partial charge in [-0.25, -0.2) is 4.98 Å². The smallest absolute Gasteiger partial charge is 0.119 e. The molecule has 0 aliphatic rings. The van der Waals surface area contributed by atoms with Crippen molar-refractivity contribution >= 4 is 23.2 Å². The van der Waals surface area contributed by atoms with Crippen molar-refractivity contribution in [1.29, 1.82) is 0 Å². The summed E-state index contributed by atoms with van der Waals surface area (Å²) < 4.78 is 7.85. The number of ether oxygens (including phenoxy) is 1. The summed E-state index contributed by atoms with van der Waals surface area (Å²) in [5.41, 5.74) is 2.10. The van der Waals surface area contributed by atoms with Crippen LogP contribution in [-0.2, 0) is 6.61 Å². The number of rotatable bonds is 5. The van der Waals surface area contributed by atoms with E-state index in [0.717, 1.165) is 11.3 Å². The second-order valence-corrected chi connectivity index (χ2v) is 6.12. The lowest BCUT2D eigenvalue weighted by atomic mass is 10.1. The first-order chi connectivity index (χ1) is 11.1. The summed E-state index contributed by atoms with van der Waals surface area (Å²) in [6.07, 6.45) is 5.55. The van der Waals surface area contributed by atoms with Gasteiger partial charge in [0, 0.05) is 28.0 Å². The van der Waals surface area contributed by atoms with Gasteiger partial charge < -0.3 is 9.30 Å². The van der Waals surface area contributed by atoms with Crippen molar-refractivity contribution in [2.75, 3.05) is 0 Å². The van der Waals surface area contributed by atoms with Gasteiger partial charge >= 0.3 is 0 Å². The quantitative estimate of drug-likeness (QED) is 0.620. The fourth-order valence-corrected chi connectivity index (χ4v) is 2.78. The van der Waals surface area contributed by atoms with Crippen molar-refractivity contribution in [1.82, 2.24) is 9.55 Å². The van der Waals surface area contributed by atoms with Gasteiger partial charge in [0.25, 0.3) is 0 Å². The highest BCUT2D eigenvalue weighted by molar-refractivity contribution is 6.35. The van der Waals surface area contributed by atoms with E-state index in [2.05, 4.69) is 28.6 Å². The van der Waals surface area contributed by atoms with Crippen LogP contribution in [0.1, 0.15) is 24.1 Å². The molecule has 5 heteroatoms. The lowest BCUT2D eigenvalue weighted by Gasteiger charge is -2.14. The second kappa shape index (κ2) is 7.07. The number of imidazole rings is 1. The Kier molecular flexibility index (Phi) is 4.89. The van der Waals surface area contributed by atoms with E-state index in [1.54, 1.807) is 12.3 Å². The molecule has 0 saturated carbocycles. The first-order valence-electron chi connectivity index (χ1n) is 7.27. The van der Waals surface area contributed by atoms with Crippen LogP contribution in [-0.4, -0.2) is 9.55 Å². The van der Waals surface area contributed by atoms with Gasteiger partial charge in [-0.15, -0.1) is 0 Å². The molecule has 0 amide bonds. The maximum absolute atomic E-state index is 6.15. The Hall–Kier alpha value is -1.97. The Balaban J connectivity index is 1.65. The van der Waals surface area contributed by atoms with Crippen molar-refractivity contribution in [3.8, 4) is 5.75 Å². The minimum Gasteiger partial charge on any atom is -0.489 e. The molecule has 1 unspecified atom stereocenters. The first kappa shape index (κ1) is 15.9. The highest BCUT2D eigenvalue weighted by Gasteiger charge is 2.07. The van der Waals surface area contributed by atoms with E-state index in [-0.39, 0.29) is 6.04 Å². The molecule has 0 radical (unpaired) electrons. The molecule has 0 aliphatic heterocycles. The Bertz CT molecular complexity index is 770. The van der Waals surface area contributed by atoms with E-state index in [4.69, 9.17) is 27.9 Å². The number of benzene rings is 2. The van der Waals surface area contributed by atoms with Gasteiger partial charge in [0.05, 0.1) is 12.4 Å². The predicted octanol–water partition coefficient (Wildman–Crippen LogP) is 5.38. The van der Waals surface area contributed by atoms with Crippen LogP contribution in [0.5, 0.6) is 5.75 Å². The molecule has 1 atom stereocenters. The zero-order valence-corrected chi connectivity index (χ0v) is 14.1. The molecule has 3 nitrogen and oxygen atoms in total. The summed E-state index contributed by atoms with van der Waals surface area (Å²) in [7, 11) is 0. The van der Waals surface area contributed by atoms with Crippen LogP contribution in [0.15, 0.2) is 61.2 Å². The van der Waals surface area contributed by atoms with Crippen LogP contribution in [0.4, 0.5) is 0 Å². The fourth-order valence-electron chi connectivity index (χ4n) is 2.31. The van der Waals surface area contributed by atoms with E-state index in [0.29, 0.717) is 16.7 Å². The number of halogens is 2. The molecule has 0 spiro atoms. The lowest BCUT2D eigenvalue weighted by Crippen LogP contribution is -2.04. The largest absolute Gasteiger partial charge is 0.489 e. The molecule has 3 aromatic rings. The number of nitrogens with zero attached hydrogens (tertiary/aromatic N) is 2. The molecule has 0 saturated heterocycles. The third-order valence-electron chi connectivity index (χ3n) is 3.74.